The molecule has 2 rings (SSSR count). The maximum absolute atomic E-state index is 8.78. The summed E-state index contributed by atoms with van der Waals surface area (Å²) < 4.78 is 1.06. The zero-order valence-electron chi connectivity index (χ0n) is 9.02. The van der Waals surface area contributed by atoms with E-state index in [1.54, 1.807) is 18.3 Å². The van der Waals surface area contributed by atoms with Crippen molar-refractivity contribution in [2.24, 2.45) is 0 Å². The third-order valence-electron chi connectivity index (χ3n) is 2.31. The van der Waals surface area contributed by atoms with Crippen LogP contribution < -0.4 is 5.32 Å². The van der Waals surface area contributed by atoms with E-state index >= 15 is 0 Å². The highest BCUT2D eigenvalue weighted by Crippen LogP contribution is 2.17. The fourth-order valence-electron chi connectivity index (χ4n) is 1.42. The van der Waals surface area contributed by atoms with Crippen LogP contribution >= 0.6 is 15.9 Å². The summed E-state index contributed by atoms with van der Waals surface area (Å²) in [6, 6.07) is 13.5. The number of hydrogen-bond acceptors (Lipinski definition) is 3. The van der Waals surface area contributed by atoms with E-state index in [1.807, 2.05) is 24.3 Å². The summed E-state index contributed by atoms with van der Waals surface area (Å²) >= 11 is 3.49. The van der Waals surface area contributed by atoms with E-state index in [0.717, 1.165) is 10.0 Å². The van der Waals surface area contributed by atoms with Crippen molar-refractivity contribution < 1.29 is 0 Å². The van der Waals surface area contributed by atoms with E-state index in [0.29, 0.717) is 17.9 Å². The van der Waals surface area contributed by atoms with Gasteiger partial charge < -0.3 is 5.32 Å². The lowest BCUT2D eigenvalue weighted by molar-refractivity contribution is 1.10. The standard InChI is InChI=1S/C13H10BrN3/c14-12-4-2-1-3-11(12)9-17-13-7-10(8-15)5-6-16-13/h1-7H,9H2,(H,16,17). The molecule has 4 heteroatoms. The Bertz CT molecular complexity index is 561. The van der Waals surface area contributed by atoms with Gasteiger partial charge in [-0.25, -0.2) is 4.98 Å². The molecule has 0 atom stereocenters. The van der Waals surface area contributed by atoms with Gasteiger partial charge in [0.15, 0.2) is 0 Å². The number of anilines is 1. The second-order valence-corrected chi connectivity index (χ2v) is 4.34. The summed E-state index contributed by atoms with van der Waals surface area (Å²) in [6.45, 7) is 0.670. The number of nitrogens with zero attached hydrogens (tertiary/aromatic N) is 2. The first-order valence-electron chi connectivity index (χ1n) is 5.13. The Balaban J connectivity index is 2.08. The molecule has 0 aliphatic rings. The fraction of sp³-hybridized carbons (Fsp3) is 0.0769. The normalized spacial score (nSPS) is 9.65. The highest BCUT2D eigenvalue weighted by Gasteiger charge is 1.99. The monoisotopic (exact) mass is 287 g/mol. The number of halogens is 1. The molecule has 3 nitrogen and oxygen atoms in total. The predicted molar refractivity (Wildman–Crippen MR) is 70.4 cm³/mol. The van der Waals surface area contributed by atoms with E-state index in [1.165, 1.54) is 0 Å². The molecule has 1 aromatic heterocycles. The lowest BCUT2D eigenvalue weighted by Crippen LogP contribution is -2.01. The Labute approximate surface area is 108 Å². The van der Waals surface area contributed by atoms with Crippen LogP contribution in [0.5, 0.6) is 0 Å². The molecule has 2 aromatic rings. The molecule has 1 aromatic carbocycles. The van der Waals surface area contributed by atoms with Crippen LogP contribution in [0.1, 0.15) is 11.1 Å². The Kier molecular flexibility index (Phi) is 3.73. The molecular formula is C13H10BrN3. The van der Waals surface area contributed by atoms with E-state index in [9.17, 15) is 0 Å². The lowest BCUT2D eigenvalue weighted by Gasteiger charge is -2.07. The average molecular weight is 288 g/mol. The Morgan fingerprint density at radius 1 is 1.29 bits per heavy atom. The number of benzene rings is 1. The second-order valence-electron chi connectivity index (χ2n) is 3.49. The van der Waals surface area contributed by atoms with Crippen molar-refractivity contribution in [3.63, 3.8) is 0 Å². The van der Waals surface area contributed by atoms with Crippen LogP contribution in [0.15, 0.2) is 47.1 Å². The molecule has 17 heavy (non-hydrogen) atoms. The molecule has 0 aliphatic heterocycles. The minimum Gasteiger partial charge on any atom is -0.366 e. The zero-order chi connectivity index (χ0) is 12.1. The summed E-state index contributed by atoms with van der Waals surface area (Å²) in [6.07, 6.45) is 1.63. The van der Waals surface area contributed by atoms with E-state index in [4.69, 9.17) is 5.26 Å². The first-order chi connectivity index (χ1) is 8.29. The van der Waals surface area contributed by atoms with Crippen molar-refractivity contribution in [1.29, 1.82) is 5.26 Å². The number of aromatic nitrogens is 1. The van der Waals surface area contributed by atoms with Gasteiger partial charge in [0.1, 0.15) is 5.82 Å². The van der Waals surface area contributed by atoms with Crippen molar-refractivity contribution >= 4 is 21.7 Å². The number of nitrogens with one attached hydrogen (secondary N) is 1. The summed E-state index contributed by atoms with van der Waals surface area (Å²) in [5.41, 5.74) is 1.76. The van der Waals surface area contributed by atoms with Crippen LogP contribution in [0.2, 0.25) is 0 Å². The van der Waals surface area contributed by atoms with Crippen molar-refractivity contribution in [2.45, 2.75) is 6.54 Å². The van der Waals surface area contributed by atoms with Gasteiger partial charge in [0.05, 0.1) is 11.6 Å². The highest BCUT2D eigenvalue weighted by molar-refractivity contribution is 9.10. The van der Waals surface area contributed by atoms with Gasteiger partial charge in [-0.1, -0.05) is 34.1 Å². The van der Waals surface area contributed by atoms with Crippen LogP contribution in [-0.4, -0.2) is 4.98 Å². The largest absolute Gasteiger partial charge is 0.366 e. The molecule has 0 saturated carbocycles. The topological polar surface area (TPSA) is 48.7 Å². The highest BCUT2D eigenvalue weighted by atomic mass is 79.9. The molecule has 0 bridgehead atoms. The molecule has 0 unspecified atom stereocenters. The molecule has 1 N–H and O–H groups in total. The van der Waals surface area contributed by atoms with Gasteiger partial charge in [-0.2, -0.15) is 5.26 Å². The molecule has 1 heterocycles. The first-order valence-corrected chi connectivity index (χ1v) is 5.92. The molecule has 0 aliphatic carbocycles. The van der Waals surface area contributed by atoms with Crippen molar-refractivity contribution in [3.05, 3.63) is 58.2 Å². The van der Waals surface area contributed by atoms with Crippen LogP contribution in [0.4, 0.5) is 5.82 Å². The summed E-state index contributed by atoms with van der Waals surface area (Å²) in [7, 11) is 0. The smallest absolute Gasteiger partial charge is 0.127 e. The maximum atomic E-state index is 8.78. The van der Waals surface area contributed by atoms with Crippen molar-refractivity contribution in [3.8, 4) is 6.07 Å². The predicted octanol–water partition coefficient (Wildman–Crippen LogP) is 3.33. The van der Waals surface area contributed by atoms with E-state index in [2.05, 4.69) is 32.3 Å². The SMILES string of the molecule is N#Cc1ccnc(NCc2ccccc2Br)c1. The van der Waals surface area contributed by atoms with Gasteiger partial charge in [0, 0.05) is 17.2 Å². The quantitative estimate of drug-likeness (QED) is 0.942. The van der Waals surface area contributed by atoms with Gasteiger partial charge in [-0.05, 0) is 23.8 Å². The first kappa shape index (κ1) is 11.6. The van der Waals surface area contributed by atoms with Gasteiger partial charge in [-0.15, -0.1) is 0 Å². The van der Waals surface area contributed by atoms with Gasteiger partial charge >= 0.3 is 0 Å². The minimum atomic E-state index is 0.606. The van der Waals surface area contributed by atoms with Crippen LogP contribution in [0.25, 0.3) is 0 Å². The number of nitriles is 1. The molecule has 84 valence electrons. The van der Waals surface area contributed by atoms with Gasteiger partial charge in [0.25, 0.3) is 0 Å². The Hall–Kier alpha value is -1.86. The molecule has 0 saturated heterocycles. The van der Waals surface area contributed by atoms with Crippen molar-refractivity contribution in [1.82, 2.24) is 4.98 Å². The number of rotatable bonds is 3. The zero-order valence-corrected chi connectivity index (χ0v) is 10.6. The molecule has 0 spiro atoms. The average Bonchev–Trinajstić information content (AvgIpc) is 2.38. The third-order valence-corrected chi connectivity index (χ3v) is 3.08. The van der Waals surface area contributed by atoms with Crippen LogP contribution in [0.3, 0.4) is 0 Å². The molecular weight excluding hydrogens is 278 g/mol. The van der Waals surface area contributed by atoms with Gasteiger partial charge in [-0.3, -0.25) is 0 Å². The third kappa shape index (κ3) is 3.05. The van der Waals surface area contributed by atoms with E-state index in [-0.39, 0.29) is 0 Å². The summed E-state index contributed by atoms with van der Waals surface area (Å²) in [4.78, 5) is 4.15. The Morgan fingerprint density at radius 3 is 2.88 bits per heavy atom. The minimum absolute atomic E-state index is 0.606. The lowest BCUT2D eigenvalue weighted by atomic mass is 10.2. The number of hydrogen-bond donors (Lipinski definition) is 1. The fourth-order valence-corrected chi connectivity index (χ4v) is 1.85. The Morgan fingerprint density at radius 2 is 2.12 bits per heavy atom. The second kappa shape index (κ2) is 5.46. The van der Waals surface area contributed by atoms with Crippen molar-refractivity contribution in [2.75, 3.05) is 5.32 Å². The van der Waals surface area contributed by atoms with Crippen LogP contribution in [0, 0.1) is 11.3 Å². The molecule has 0 amide bonds. The van der Waals surface area contributed by atoms with Crippen LogP contribution in [-0.2, 0) is 6.54 Å². The summed E-state index contributed by atoms with van der Waals surface area (Å²) in [5.74, 6) is 0.708. The molecule has 0 fully saturated rings. The molecule has 0 radical (unpaired) electrons. The maximum Gasteiger partial charge on any atom is 0.127 e. The van der Waals surface area contributed by atoms with E-state index < -0.39 is 0 Å². The number of pyridine rings is 1. The van der Waals surface area contributed by atoms with Gasteiger partial charge in [0.2, 0.25) is 0 Å². The summed E-state index contributed by atoms with van der Waals surface area (Å²) in [5, 5.41) is 12.0.